The Bertz CT molecular complexity index is 751. The number of carboxylic acid groups (broad SMARTS) is 1. The van der Waals surface area contributed by atoms with Crippen LogP contribution < -0.4 is 4.72 Å². The Kier molecular flexibility index (Phi) is 4.40. The minimum atomic E-state index is -3.23. The molecule has 0 aliphatic rings. The first-order chi connectivity index (χ1) is 9.85. The standard InChI is InChI=1S/C15H15NO4S/c1-21(19,20)16-10-11-3-2-4-14(9-11)12-5-7-13(8-6-12)15(17)18/h2-9,16H,10H2,1H3,(H,17,18). The molecule has 110 valence electrons. The SMILES string of the molecule is CS(=O)(=O)NCc1cccc(-c2ccc(C(=O)O)cc2)c1. The highest BCUT2D eigenvalue weighted by Crippen LogP contribution is 2.21. The molecular formula is C15H15NO4S. The monoisotopic (exact) mass is 305 g/mol. The van der Waals surface area contributed by atoms with Gasteiger partial charge in [-0.1, -0.05) is 30.3 Å². The molecule has 0 fully saturated rings. The summed E-state index contributed by atoms with van der Waals surface area (Å²) in [7, 11) is -3.23. The third kappa shape index (κ3) is 4.40. The Morgan fingerprint density at radius 3 is 2.33 bits per heavy atom. The zero-order valence-electron chi connectivity index (χ0n) is 11.4. The molecule has 0 atom stereocenters. The van der Waals surface area contributed by atoms with Crippen LogP contribution in [-0.4, -0.2) is 25.7 Å². The first kappa shape index (κ1) is 15.2. The topological polar surface area (TPSA) is 83.5 Å². The Morgan fingerprint density at radius 1 is 1.10 bits per heavy atom. The average Bonchev–Trinajstić information content (AvgIpc) is 2.45. The summed E-state index contributed by atoms with van der Waals surface area (Å²) in [6.45, 7) is 0.222. The van der Waals surface area contributed by atoms with Gasteiger partial charge in [-0.2, -0.15) is 0 Å². The molecule has 0 amide bonds. The van der Waals surface area contributed by atoms with Crippen molar-refractivity contribution in [2.45, 2.75) is 6.54 Å². The van der Waals surface area contributed by atoms with Gasteiger partial charge in [0.2, 0.25) is 10.0 Å². The summed E-state index contributed by atoms with van der Waals surface area (Å²) in [5.41, 5.74) is 2.84. The number of aromatic carboxylic acids is 1. The van der Waals surface area contributed by atoms with Gasteiger partial charge in [-0.25, -0.2) is 17.9 Å². The van der Waals surface area contributed by atoms with Crippen LogP contribution in [0.5, 0.6) is 0 Å². The van der Waals surface area contributed by atoms with Gasteiger partial charge in [-0.15, -0.1) is 0 Å². The van der Waals surface area contributed by atoms with E-state index < -0.39 is 16.0 Å². The van der Waals surface area contributed by atoms with Crippen molar-refractivity contribution in [3.8, 4) is 11.1 Å². The molecule has 0 saturated carbocycles. The molecule has 6 heteroatoms. The van der Waals surface area contributed by atoms with E-state index in [-0.39, 0.29) is 12.1 Å². The third-order valence-corrected chi connectivity index (χ3v) is 3.60. The molecule has 0 radical (unpaired) electrons. The van der Waals surface area contributed by atoms with Crippen molar-refractivity contribution in [3.05, 3.63) is 59.7 Å². The molecule has 21 heavy (non-hydrogen) atoms. The highest BCUT2D eigenvalue weighted by Gasteiger charge is 2.05. The number of hydrogen-bond donors (Lipinski definition) is 2. The first-order valence-electron chi connectivity index (χ1n) is 6.22. The number of nitrogens with one attached hydrogen (secondary N) is 1. The number of carboxylic acids is 1. The van der Waals surface area contributed by atoms with Crippen LogP contribution in [0.3, 0.4) is 0 Å². The van der Waals surface area contributed by atoms with Crippen LogP contribution in [0.2, 0.25) is 0 Å². The lowest BCUT2D eigenvalue weighted by molar-refractivity contribution is 0.0697. The van der Waals surface area contributed by atoms with Gasteiger partial charge in [-0.3, -0.25) is 0 Å². The normalized spacial score (nSPS) is 11.3. The van der Waals surface area contributed by atoms with Crippen molar-refractivity contribution in [3.63, 3.8) is 0 Å². The molecular weight excluding hydrogens is 290 g/mol. The maximum Gasteiger partial charge on any atom is 0.335 e. The molecule has 2 aromatic rings. The lowest BCUT2D eigenvalue weighted by atomic mass is 10.0. The second kappa shape index (κ2) is 6.07. The smallest absolute Gasteiger partial charge is 0.335 e. The van der Waals surface area contributed by atoms with Gasteiger partial charge in [0, 0.05) is 6.54 Å². The maximum absolute atomic E-state index is 11.1. The van der Waals surface area contributed by atoms with Crippen molar-refractivity contribution in [1.29, 1.82) is 0 Å². The molecule has 5 nitrogen and oxygen atoms in total. The Balaban J connectivity index is 2.22. The number of carbonyl (C=O) groups is 1. The Morgan fingerprint density at radius 2 is 1.76 bits per heavy atom. The summed E-state index contributed by atoms with van der Waals surface area (Å²) in [6, 6.07) is 14.0. The van der Waals surface area contributed by atoms with E-state index in [0.29, 0.717) is 0 Å². The van der Waals surface area contributed by atoms with Gasteiger partial charge in [0.05, 0.1) is 11.8 Å². The lowest BCUT2D eigenvalue weighted by Crippen LogP contribution is -2.21. The maximum atomic E-state index is 11.1. The van der Waals surface area contributed by atoms with E-state index in [1.54, 1.807) is 24.3 Å². The number of sulfonamides is 1. The highest BCUT2D eigenvalue weighted by molar-refractivity contribution is 7.88. The molecule has 2 N–H and O–H groups in total. The molecule has 0 spiro atoms. The lowest BCUT2D eigenvalue weighted by Gasteiger charge is -2.07. The largest absolute Gasteiger partial charge is 0.478 e. The van der Waals surface area contributed by atoms with Crippen LogP contribution in [0.1, 0.15) is 15.9 Å². The van der Waals surface area contributed by atoms with Crippen LogP contribution in [0.25, 0.3) is 11.1 Å². The van der Waals surface area contributed by atoms with Crippen molar-refractivity contribution >= 4 is 16.0 Å². The van der Waals surface area contributed by atoms with Gasteiger partial charge in [0.1, 0.15) is 0 Å². The molecule has 2 aromatic carbocycles. The van der Waals surface area contributed by atoms with Gasteiger partial charge < -0.3 is 5.11 Å². The van der Waals surface area contributed by atoms with E-state index in [1.165, 1.54) is 0 Å². The second-order valence-corrected chi connectivity index (χ2v) is 6.51. The summed E-state index contributed by atoms with van der Waals surface area (Å²) >= 11 is 0. The van der Waals surface area contributed by atoms with Gasteiger partial charge in [0.15, 0.2) is 0 Å². The Hall–Kier alpha value is -2.18. The fourth-order valence-electron chi connectivity index (χ4n) is 1.88. The summed E-state index contributed by atoms with van der Waals surface area (Å²) in [5, 5.41) is 8.87. The molecule has 0 aliphatic carbocycles. The van der Waals surface area contributed by atoms with Gasteiger partial charge in [0.25, 0.3) is 0 Å². The zero-order chi connectivity index (χ0) is 15.5. The number of hydrogen-bond acceptors (Lipinski definition) is 3. The molecule has 0 bridgehead atoms. The van der Waals surface area contributed by atoms with Gasteiger partial charge >= 0.3 is 5.97 Å². The molecule has 0 saturated heterocycles. The average molecular weight is 305 g/mol. The second-order valence-electron chi connectivity index (χ2n) is 4.68. The highest BCUT2D eigenvalue weighted by atomic mass is 32.2. The fourth-order valence-corrected chi connectivity index (χ4v) is 2.31. The van der Waals surface area contributed by atoms with E-state index >= 15 is 0 Å². The molecule has 0 heterocycles. The van der Waals surface area contributed by atoms with E-state index in [2.05, 4.69) is 4.72 Å². The van der Waals surface area contributed by atoms with Crippen LogP contribution in [-0.2, 0) is 16.6 Å². The summed E-state index contributed by atoms with van der Waals surface area (Å²) in [6.07, 6.45) is 1.11. The van der Waals surface area contributed by atoms with Crippen molar-refractivity contribution < 1.29 is 18.3 Å². The quantitative estimate of drug-likeness (QED) is 0.886. The summed E-state index contributed by atoms with van der Waals surface area (Å²) in [4.78, 5) is 10.8. The third-order valence-electron chi connectivity index (χ3n) is 2.93. The van der Waals surface area contributed by atoms with Crippen LogP contribution >= 0.6 is 0 Å². The van der Waals surface area contributed by atoms with E-state index in [0.717, 1.165) is 22.9 Å². The number of rotatable bonds is 5. The zero-order valence-corrected chi connectivity index (χ0v) is 12.2. The van der Waals surface area contributed by atoms with E-state index in [4.69, 9.17) is 5.11 Å². The molecule has 2 rings (SSSR count). The van der Waals surface area contributed by atoms with Crippen LogP contribution in [0.15, 0.2) is 48.5 Å². The Labute approximate surface area is 123 Å². The first-order valence-corrected chi connectivity index (χ1v) is 8.11. The summed E-state index contributed by atoms with van der Waals surface area (Å²) < 4.78 is 24.6. The predicted molar refractivity (Wildman–Crippen MR) is 80.5 cm³/mol. The van der Waals surface area contributed by atoms with Crippen molar-refractivity contribution in [1.82, 2.24) is 4.72 Å². The van der Waals surface area contributed by atoms with E-state index in [1.807, 2.05) is 24.3 Å². The van der Waals surface area contributed by atoms with Crippen molar-refractivity contribution in [2.75, 3.05) is 6.26 Å². The molecule has 0 aliphatic heterocycles. The fraction of sp³-hybridized carbons (Fsp3) is 0.133. The molecule has 0 unspecified atom stereocenters. The van der Waals surface area contributed by atoms with Gasteiger partial charge in [-0.05, 0) is 34.9 Å². The predicted octanol–water partition coefficient (Wildman–Crippen LogP) is 2.10. The van der Waals surface area contributed by atoms with Crippen molar-refractivity contribution in [2.24, 2.45) is 0 Å². The minimum absolute atomic E-state index is 0.222. The van der Waals surface area contributed by atoms with Crippen LogP contribution in [0.4, 0.5) is 0 Å². The molecule has 0 aromatic heterocycles. The summed E-state index contributed by atoms with van der Waals surface area (Å²) in [5.74, 6) is -0.965. The van der Waals surface area contributed by atoms with Crippen LogP contribution in [0, 0.1) is 0 Å². The minimum Gasteiger partial charge on any atom is -0.478 e. The van der Waals surface area contributed by atoms with E-state index in [9.17, 15) is 13.2 Å². The number of benzene rings is 2.